The fourth-order valence-corrected chi connectivity index (χ4v) is 6.20. The minimum absolute atomic E-state index is 0. The Bertz CT molecular complexity index is 1260. The van der Waals surface area contributed by atoms with E-state index in [-0.39, 0.29) is 28.9 Å². The second-order valence-electron chi connectivity index (χ2n) is 6.69. The number of phosphoric acid groups is 3. The first kappa shape index (κ1) is 34.9. The fourth-order valence-electron chi connectivity index (χ4n) is 2.99. The summed E-state index contributed by atoms with van der Waals surface area (Å²) in [6, 6.07) is 6.07. The number of phosphoric ester groups is 1. The van der Waals surface area contributed by atoms with Crippen LogP contribution in [0.15, 0.2) is 35.3 Å². The Hall–Kier alpha value is -1.11. The van der Waals surface area contributed by atoms with Crippen molar-refractivity contribution in [1.29, 1.82) is 0 Å². The smallest absolute Gasteiger partial charge is 0.387 e. The fraction of sp³-hybridized carbons (Fsp3) is 0.357. The summed E-state index contributed by atoms with van der Waals surface area (Å²) >= 11 is 5.91. The van der Waals surface area contributed by atoms with Crippen molar-refractivity contribution in [2.75, 3.05) is 6.61 Å². The molecule has 18 nitrogen and oxygen atoms in total. The van der Waals surface area contributed by atoms with E-state index in [2.05, 4.69) is 13.1 Å². The van der Waals surface area contributed by atoms with Crippen LogP contribution in [-0.2, 0) is 31.6 Å². The van der Waals surface area contributed by atoms with Crippen LogP contribution in [0, 0.1) is 0 Å². The largest absolute Gasteiger partial charge is 0.490 e. The third-order valence-corrected chi connectivity index (χ3v) is 8.36. The number of aliphatic hydroxyl groups excluding tert-OH is 2. The molecule has 208 valence electrons. The monoisotopic (exact) mass is 602 g/mol. The number of nitrogens with zero attached hydrogens (tertiary/aromatic N) is 1. The third-order valence-electron chi connectivity index (χ3n) is 4.32. The zero-order valence-electron chi connectivity index (χ0n) is 18.1. The molecule has 0 radical (unpaired) electrons. The van der Waals surface area contributed by atoms with Crippen LogP contribution in [-0.4, -0.2) is 59.3 Å². The maximum absolute atomic E-state index is 12.8. The lowest BCUT2D eigenvalue weighted by molar-refractivity contribution is -0.0533. The molecule has 22 heteroatoms. The van der Waals surface area contributed by atoms with E-state index in [1.807, 2.05) is 0 Å². The Kier molecular flexibility index (Phi) is 12.2. The number of hydrogen-bond acceptors (Lipinski definition) is 13. The number of fused-ring (bicyclic) bond motifs is 1. The van der Waals surface area contributed by atoms with Crippen LogP contribution in [0.4, 0.5) is 0 Å². The number of pyridine rings is 1. The van der Waals surface area contributed by atoms with Gasteiger partial charge in [-0.25, -0.2) is 13.7 Å². The van der Waals surface area contributed by atoms with E-state index in [1.165, 1.54) is 18.3 Å². The van der Waals surface area contributed by atoms with Crippen molar-refractivity contribution in [3.05, 3.63) is 45.8 Å². The van der Waals surface area contributed by atoms with Gasteiger partial charge in [0.25, 0.3) is 5.56 Å². The molecule has 0 saturated carbocycles. The van der Waals surface area contributed by atoms with Crippen molar-refractivity contribution >= 4 is 45.8 Å². The van der Waals surface area contributed by atoms with Gasteiger partial charge in [-0.2, -0.15) is 8.62 Å². The van der Waals surface area contributed by atoms with E-state index < -0.39 is 60.2 Å². The number of aromatic nitrogens is 1. The summed E-state index contributed by atoms with van der Waals surface area (Å²) in [4.78, 5) is 48.4. The third kappa shape index (κ3) is 8.46. The van der Waals surface area contributed by atoms with Crippen molar-refractivity contribution in [1.82, 2.24) is 23.0 Å². The van der Waals surface area contributed by atoms with E-state index >= 15 is 0 Å². The van der Waals surface area contributed by atoms with Crippen LogP contribution in [0.2, 0.25) is 5.02 Å². The van der Waals surface area contributed by atoms with E-state index in [0.717, 1.165) is 4.57 Å². The van der Waals surface area contributed by atoms with Gasteiger partial charge in [-0.15, -0.1) is 0 Å². The Balaban J connectivity index is 0.00000408. The molecule has 2 heterocycles. The summed E-state index contributed by atoms with van der Waals surface area (Å²) in [6.45, 7) is -1.01. The molecule has 15 N–H and O–H groups in total. The highest BCUT2D eigenvalue weighted by Crippen LogP contribution is 2.66. The average molecular weight is 603 g/mol. The van der Waals surface area contributed by atoms with Gasteiger partial charge in [0.2, 0.25) is 0 Å². The molecule has 3 rings (SSSR count). The van der Waals surface area contributed by atoms with Gasteiger partial charge in [-0.3, -0.25) is 13.9 Å². The number of hydrogen-bond donors (Lipinski definition) is 9. The molecule has 1 fully saturated rings. The molecule has 0 aliphatic carbocycles. The maximum Gasteiger partial charge on any atom is 0.490 e. The molecule has 0 spiro atoms. The Labute approximate surface area is 207 Å². The van der Waals surface area contributed by atoms with Crippen molar-refractivity contribution in [2.24, 2.45) is 0 Å². The van der Waals surface area contributed by atoms with Gasteiger partial charge in [0.15, 0.2) is 6.23 Å². The van der Waals surface area contributed by atoms with E-state index in [4.69, 9.17) is 31.0 Å². The minimum Gasteiger partial charge on any atom is -0.387 e. The van der Waals surface area contributed by atoms with E-state index in [0.29, 0.717) is 5.39 Å². The summed E-state index contributed by atoms with van der Waals surface area (Å²) in [7, 11) is -16.8. The quantitative estimate of drug-likeness (QED) is 0.191. The molecule has 1 aliphatic heterocycles. The standard InChI is InChI=1S/C14H17ClNO14P3.3H3N/c15-8-2-1-7-3-4-16(13(19)9(7)5-8)14-12(18)11(17)10(28-14)6-27-32(23,24)30-33(25,26)29-31(20,21)22;;;/h1-5,10-12,14,17-18H,6H2,(H,23,24)(H,25,26)(H2,20,21,22);3*1H3/t10-,11+,12+,14-;;;/m0.../s1. The van der Waals surface area contributed by atoms with E-state index in [1.54, 1.807) is 12.1 Å². The predicted molar refractivity (Wildman–Crippen MR) is 124 cm³/mol. The first-order chi connectivity index (χ1) is 15.1. The number of halogens is 1. The van der Waals surface area contributed by atoms with E-state index in [9.17, 15) is 33.6 Å². The molecule has 1 aliphatic rings. The minimum atomic E-state index is -5.73. The normalized spacial score (nSPS) is 25.1. The summed E-state index contributed by atoms with van der Waals surface area (Å²) in [6.07, 6.45) is -5.15. The van der Waals surface area contributed by atoms with Crippen molar-refractivity contribution in [3.8, 4) is 0 Å². The van der Waals surface area contributed by atoms with Crippen LogP contribution in [0.5, 0.6) is 0 Å². The lowest BCUT2D eigenvalue weighted by Gasteiger charge is -2.19. The molecule has 36 heavy (non-hydrogen) atoms. The Morgan fingerprint density at radius 2 is 1.56 bits per heavy atom. The summed E-state index contributed by atoms with van der Waals surface area (Å²) < 4.78 is 51.7. The van der Waals surface area contributed by atoms with Gasteiger partial charge in [0.1, 0.15) is 18.3 Å². The van der Waals surface area contributed by atoms with Crippen LogP contribution in [0.3, 0.4) is 0 Å². The maximum atomic E-state index is 12.8. The van der Waals surface area contributed by atoms with Crippen molar-refractivity contribution in [2.45, 2.75) is 24.5 Å². The van der Waals surface area contributed by atoms with Crippen molar-refractivity contribution in [3.63, 3.8) is 0 Å². The second-order valence-corrected chi connectivity index (χ2v) is 11.5. The molecule has 0 bridgehead atoms. The molecule has 1 aromatic carbocycles. The molecule has 2 unspecified atom stereocenters. The highest BCUT2D eigenvalue weighted by Gasteiger charge is 2.46. The topological polar surface area (TPSA) is 337 Å². The molecule has 1 saturated heterocycles. The van der Waals surface area contributed by atoms with Crippen LogP contribution in [0.1, 0.15) is 6.23 Å². The first-order valence-electron chi connectivity index (χ1n) is 8.69. The van der Waals surface area contributed by atoms with Gasteiger partial charge >= 0.3 is 23.5 Å². The zero-order valence-corrected chi connectivity index (χ0v) is 21.6. The van der Waals surface area contributed by atoms with Gasteiger partial charge < -0.3 is 53.0 Å². The van der Waals surface area contributed by atoms with Gasteiger partial charge in [0.05, 0.1) is 6.61 Å². The molecule has 1 aromatic heterocycles. The SMILES string of the molecule is N.N.N.O=c1c2cc(Cl)ccc2ccn1[C@H]1O[C@@H](COP(=O)(O)OP(=O)(O)OP(=O)(O)O)[C@@H](O)[C@H]1O. The molecular formula is C14H26ClN4O14P3. The molecule has 0 amide bonds. The molecule has 2 aromatic rings. The number of rotatable bonds is 8. The molecule has 6 atom stereocenters. The summed E-state index contributed by atoms with van der Waals surface area (Å²) in [5, 5.41) is 21.5. The van der Waals surface area contributed by atoms with Crippen LogP contribution >= 0.6 is 35.1 Å². The zero-order chi connectivity index (χ0) is 24.8. The lowest BCUT2D eigenvalue weighted by atomic mass is 10.1. The second kappa shape index (κ2) is 12.6. The Morgan fingerprint density at radius 1 is 0.944 bits per heavy atom. The van der Waals surface area contributed by atoms with Crippen LogP contribution < -0.4 is 24.0 Å². The Morgan fingerprint density at radius 3 is 2.14 bits per heavy atom. The van der Waals surface area contributed by atoms with Crippen LogP contribution in [0.25, 0.3) is 10.8 Å². The summed E-state index contributed by atoms with van der Waals surface area (Å²) in [5.74, 6) is 0. The number of aliphatic hydroxyl groups is 2. The predicted octanol–water partition coefficient (Wildman–Crippen LogP) is 1.10. The highest BCUT2D eigenvalue weighted by molar-refractivity contribution is 7.66. The average Bonchev–Trinajstić information content (AvgIpc) is 2.93. The molecular weight excluding hydrogens is 577 g/mol. The van der Waals surface area contributed by atoms with Gasteiger partial charge in [-0.05, 0) is 23.6 Å². The van der Waals surface area contributed by atoms with Gasteiger partial charge in [-0.1, -0.05) is 17.7 Å². The first-order valence-corrected chi connectivity index (χ1v) is 13.6. The number of ether oxygens (including phenoxy) is 1. The lowest BCUT2D eigenvalue weighted by Crippen LogP contribution is -2.35. The van der Waals surface area contributed by atoms with Gasteiger partial charge in [0, 0.05) is 16.6 Å². The summed E-state index contributed by atoms with van der Waals surface area (Å²) in [5.41, 5.74) is -0.625. The van der Waals surface area contributed by atoms with Crippen molar-refractivity contribution < 1.29 is 61.4 Å². The highest BCUT2D eigenvalue weighted by atomic mass is 35.5. The number of benzene rings is 1.